The number of hydrogen-bond donors (Lipinski definition) is 1. The van der Waals surface area contributed by atoms with Crippen molar-refractivity contribution in [1.82, 2.24) is 15.4 Å². The lowest BCUT2D eigenvalue weighted by molar-refractivity contribution is 0.393. The Bertz CT molecular complexity index is 679. The van der Waals surface area contributed by atoms with Crippen LogP contribution < -0.4 is 0 Å². The summed E-state index contributed by atoms with van der Waals surface area (Å²) in [4.78, 5) is 0. The van der Waals surface area contributed by atoms with Gasteiger partial charge >= 0.3 is 0 Å². The Labute approximate surface area is 112 Å². The molecule has 1 N–H and O–H groups in total. The minimum atomic E-state index is 0.848. The Balaban J connectivity index is 2.27. The van der Waals surface area contributed by atoms with Crippen LogP contribution in [0.4, 0.5) is 0 Å². The summed E-state index contributed by atoms with van der Waals surface area (Å²) in [6.07, 6.45) is 0. The minimum Gasteiger partial charge on any atom is -0.361 e. The molecular formula is C12H10IN3O. The second-order valence-electron chi connectivity index (χ2n) is 3.97. The molecule has 17 heavy (non-hydrogen) atoms. The molecule has 3 rings (SSSR count). The molecule has 0 spiro atoms. The number of rotatable bonds is 1. The van der Waals surface area contributed by atoms with Crippen molar-refractivity contribution in [2.24, 2.45) is 0 Å². The Morgan fingerprint density at radius 3 is 2.82 bits per heavy atom. The fourth-order valence-corrected chi connectivity index (χ4v) is 2.60. The van der Waals surface area contributed by atoms with Gasteiger partial charge in [-0.05, 0) is 54.1 Å². The molecular weight excluding hydrogens is 329 g/mol. The van der Waals surface area contributed by atoms with Gasteiger partial charge in [0.25, 0.3) is 0 Å². The number of H-pyrrole nitrogens is 1. The van der Waals surface area contributed by atoms with Crippen molar-refractivity contribution in [3.8, 4) is 11.1 Å². The van der Waals surface area contributed by atoms with Crippen molar-refractivity contribution in [1.29, 1.82) is 0 Å². The zero-order valence-electron chi connectivity index (χ0n) is 9.41. The fourth-order valence-electron chi connectivity index (χ4n) is 2.03. The maximum atomic E-state index is 5.20. The van der Waals surface area contributed by atoms with Crippen LogP contribution >= 0.6 is 22.6 Å². The highest BCUT2D eigenvalue weighted by molar-refractivity contribution is 14.1. The lowest BCUT2D eigenvalue weighted by Gasteiger charge is -2.00. The number of benzene rings is 1. The van der Waals surface area contributed by atoms with Crippen LogP contribution in [0.3, 0.4) is 0 Å². The molecule has 0 aliphatic rings. The molecule has 0 unspecified atom stereocenters. The van der Waals surface area contributed by atoms with Crippen molar-refractivity contribution >= 4 is 33.5 Å². The lowest BCUT2D eigenvalue weighted by atomic mass is 10.0. The van der Waals surface area contributed by atoms with Crippen molar-refractivity contribution in [3.05, 3.63) is 33.4 Å². The van der Waals surface area contributed by atoms with Gasteiger partial charge in [0.05, 0.1) is 11.2 Å². The molecule has 0 aliphatic heterocycles. The van der Waals surface area contributed by atoms with Gasteiger partial charge in [0.1, 0.15) is 9.46 Å². The minimum absolute atomic E-state index is 0.848. The van der Waals surface area contributed by atoms with Crippen molar-refractivity contribution in [2.75, 3.05) is 0 Å². The Morgan fingerprint density at radius 2 is 2.12 bits per heavy atom. The van der Waals surface area contributed by atoms with Crippen LogP contribution in [0.1, 0.15) is 11.5 Å². The van der Waals surface area contributed by atoms with E-state index in [2.05, 4.69) is 50.1 Å². The molecule has 0 aliphatic carbocycles. The Hall–Kier alpha value is -1.37. The number of aromatic amines is 1. The molecule has 2 heterocycles. The van der Waals surface area contributed by atoms with Gasteiger partial charge in [-0.15, -0.1) is 0 Å². The maximum Gasteiger partial charge on any atom is 0.141 e. The van der Waals surface area contributed by atoms with E-state index in [9.17, 15) is 0 Å². The molecule has 2 aromatic heterocycles. The summed E-state index contributed by atoms with van der Waals surface area (Å²) in [5, 5.41) is 12.3. The molecule has 5 heteroatoms. The van der Waals surface area contributed by atoms with Gasteiger partial charge in [0.15, 0.2) is 0 Å². The van der Waals surface area contributed by atoms with Gasteiger partial charge in [0.2, 0.25) is 0 Å². The maximum absolute atomic E-state index is 5.20. The molecule has 0 radical (unpaired) electrons. The normalized spacial score (nSPS) is 11.2. The van der Waals surface area contributed by atoms with Crippen LogP contribution in [0, 0.1) is 17.5 Å². The van der Waals surface area contributed by atoms with Gasteiger partial charge in [-0.2, -0.15) is 5.10 Å². The van der Waals surface area contributed by atoms with Crippen LogP contribution in [0.5, 0.6) is 0 Å². The first kappa shape index (κ1) is 10.8. The summed E-state index contributed by atoms with van der Waals surface area (Å²) in [6, 6.07) is 6.21. The highest BCUT2D eigenvalue weighted by Gasteiger charge is 2.13. The molecule has 0 bridgehead atoms. The molecule has 4 nitrogen and oxygen atoms in total. The predicted octanol–water partition coefficient (Wildman–Crippen LogP) is 3.44. The SMILES string of the molecule is Cc1noc(C)c1-c1ccc2[nH]nc(I)c2c1. The number of nitrogens with one attached hydrogen (secondary N) is 1. The van der Waals surface area contributed by atoms with E-state index >= 15 is 0 Å². The van der Waals surface area contributed by atoms with Crippen molar-refractivity contribution in [3.63, 3.8) is 0 Å². The van der Waals surface area contributed by atoms with Crippen LogP contribution in [-0.2, 0) is 0 Å². The molecule has 3 aromatic rings. The lowest BCUT2D eigenvalue weighted by Crippen LogP contribution is -1.82. The van der Waals surface area contributed by atoms with Crippen LogP contribution in [0.2, 0.25) is 0 Å². The number of aromatic nitrogens is 3. The summed E-state index contributed by atoms with van der Waals surface area (Å²) < 4.78 is 6.18. The van der Waals surface area contributed by atoms with E-state index in [0.717, 1.165) is 37.2 Å². The molecule has 0 fully saturated rings. The zero-order chi connectivity index (χ0) is 12.0. The second kappa shape index (κ2) is 3.83. The van der Waals surface area contributed by atoms with Crippen molar-refractivity contribution < 1.29 is 4.52 Å². The summed E-state index contributed by atoms with van der Waals surface area (Å²) in [5.41, 5.74) is 4.15. The van der Waals surface area contributed by atoms with E-state index in [0.29, 0.717) is 0 Å². The number of hydrogen-bond acceptors (Lipinski definition) is 3. The third kappa shape index (κ3) is 1.65. The first-order valence-corrected chi connectivity index (χ1v) is 6.31. The van der Waals surface area contributed by atoms with E-state index in [1.54, 1.807) is 0 Å². The number of nitrogens with zero attached hydrogens (tertiary/aromatic N) is 2. The summed E-state index contributed by atoms with van der Waals surface area (Å²) in [7, 11) is 0. The zero-order valence-corrected chi connectivity index (χ0v) is 11.6. The largest absolute Gasteiger partial charge is 0.361 e. The summed E-state index contributed by atoms with van der Waals surface area (Å²) in [5.74, 6) is 0.848. The summed E-state index contributed by atoms with van der Waals surface area (Å²) in [6.45, 7) is 3.89. The highest BCUT2D eigenvalue weighted by Crippen LogP contribution is 2.30. The van der Waals surface area contributed by atoms with Gasteiger partial charge in [-0.3, -0.25) is 5.10 Å². The first-order valence-electron chi connectivity index (χ1n) is 5.23. The van der Waals surface area contributed by atoms with E-state index < -0.39 is 0 Å². The highest BCUT2D eigenvalue weighted by atomic mass is 127. The van der Waals surface area contributed by atoms with Crippen molar-refractivity contribution in [2.45, 2.75) is 13.8 Å². The monoisotopic (exact) mass is 339 g/mol. The molecule has 86 valence electrons. The molecule has 0 saturated carbocycles. The van der Waals surface area contributed by atoms with E-state index in [1.165, 1.54) is 0 Å². The average Bonchev–Trinajstić information content (AvgIpc) is 2.84. The van der Waals surface area contributed by atoms with Gasteiger partial charge in [0, 0.05) is 10.9 Å². The third-order valence-corrected chi connectivity index (χ3v) is 3.66. The van der Waals surface area contributed by atoms with Crippen LogP contribution in [0.25, 0.3) is 22.0 Å². The number of fused-ring (bicyclic) bond motifs is 1. The summed E-state index contributed by atoms with van der Waals surface area (Å²) >= 11 is 2.22. The Morgan fingerprint density at radius 1 is 1.29 bits per heavy atom. The fraction of sp³-hybridized carbons (Fsp3) is 0.167. The topological polar surface area (TPSA) is 54.7 Å². The van der Waals surface area contributed by atoms with Gasteiger partial charge in [-0.1, -0.05) is 11.2 Å². The smallest absolute Gasteiger partial charge is 0.141 e. The number of aryl methyl sites for hydroxylation is 2. The predicted molar refractivity (Wildman–Crippen MR) is 73.8 cm³/mol. The molecule has 0 atom stereocenters. The van der Waals surface area contributed by atoms with Crippen LogP contribution in [-0.4, -0.2) is 15.4 Å². The first-order chi connectivity index (χ1) is 8.16. The standard InChI is InChI=1S/C12H10IN3O/c1-6-11(7(2)17-16-6)8-3-4-10-9(5-8)12(13)15-14-10/h3-5H,1-2H3,(H,14,15). The molecule has 1 aromatic carbocycles. The second-order valence-corrected chi connectivity index (χ2v) is 5.00. The number of halogens is 1. The van der Waals surface area contributed by atoms with Gasteiger partial charge in [-0.25, -0.2) is 0 Å². The van der Waals surface area contributed by atoms with Gasteiger partial charge < -0.3 is 4.52 Å². The Kier molecular flexibility index (Phi) is 2.43. The third-order valence-electron chi connectivity index (χ3n) is 2.84. The average molecular weight is 339 g/mol. The van der Waals surface area contributed by atoms with E-state index in [4.69, 9.17) is 4.52 Å². The molecule has 0 amide bonds. The molecule has 0 saturated heterocycles. The van der Waals surface area contributed by atoms with Crippen LogP contribution in [0.15, 0.2) is 22.7 Å². The van der Waals surface area contributed by atoms with E-state index in [-0.39, 0.29) is 0 Å². The van der Waals surface area contributed by atoms with E-state index in [1.807, 2.05) is 19.9 Å². The quantitative estimate of drug-likeness (QED) is 0.691.